The van der Waals surface area contributed by atoms with Gasteiger partial charge in [0.25, 0.3) is 11.8 Å². The van der Waals surface area contributed by atoms with E-state index in [1.54, 1.807) is 18.2 Å². The molecule has 0 unspecified atom stereocenters. The molecule has 8 heteroatoms. The zero-order chi connectivity index (χ0) is 21.8. The second-order valence-corrected chi connectivity index (χ2v) is 8.49. The third-order valence-electron chi connectivity index (χ3n) is 5.20. The van der Waals surface area contributed by atoms with Gasteiger partial charge < -0.3 is 19.9 Å². The molecule has 1 aromatic heterocycles. The number of halogens is 1. The van der Waals surface area contributed by atoms with Gasteiger partial charge in [-0.15, -0.1) is 11.3 Å². The summed E-state index contributed by atoms with van der Waals surface area (Å²) >= 11 is 7.50. The van der Waals surface area contributed by atoms with Crippen molar-refractivity contribution in [3.8, 4) is 5.75 Å². The number of methoxy groups -OCH3 is 1. The molecule has 3 aromatic rings. The van der Waals surface area contributed by atoms with Crippen LogP contribution < -0.4 is 15.0 Å². The van der Waals surface area contributed by atoms with Crippen LogP contribution in [-0.4, -0.2) is 50.0 Å². The Bertz CT molecular complexity index is 1060. The second kappa shape index (κ2) is 9.41. The van der Waals surface area contributed by atoms with Crippen LogP contribution >= 0.6 is 22.9 Å². The van der Waals surface area contributed by atoms with Crippen LogP contribution in [-0.2, 0) is 0 Å². The average molecular weight is 456 g/mol. The highest BCUT2D eigenvalue weighted by atomic mass is 35.5. The Labute approximate surface area is 190 Å². The molecule has 2 amide bonds. The normalized spacial score (nSPS) is 13.7. The lowest BCUT2D eigenvalue weighted by Gasteiger charge is -2.36. The molecule has 1 saturated heterocycles. The first-order chi connectivity index (χ1) is 15.0. The topological polar surface area (TPSA) is 61.9 Å². The van der Waals surface area contributed by atoms with Gasteiger partial charge in [-0.05, 0) is 53.9 Å². The van der Waals surface area contributed by atoms with Gasteiger partial charge >= 0.3 is 0 Å². The molecular weight excluding hydrogens is 434 g/mol. The molecule has 0 spiro atoms. The first-order valence-corrected chi connectivity index (χ1v) is 11.1. The van der Waals surface area contributed by atoms with Crippen LogP contribution in [0.4, 0.5) is 11.4 Å². The lowest BCUT2D eigenvalue weighted by atomic mass is 10.1. The largest absolute Gasteiger partial charge is 0.496 e. The van der Waals surface area contributed by atoms with Gasteiger partial charge in [0.05, 0.1) is 17.6 Å². The Morgan fingerprint density at radius 3 is 2.42 bits per heavy atom. The molecule has 0 aliphatic carbocycles. The van der Waals surface area contributed by atoms with E-state index < -0.39 is 0 Å². The average Bonchev–Trinajstić information content (AvgIpc) is 3.34. The van der Waals surface area contributed by atoms with E-state index in [1.807, 2.05) is 46.7 Å². The Hall–Kier alpha value is -3.03. The summed E-state index contributed by atoms with van der Waals surface area (Å²) in [5.41, 5.74) is 2.12. The van der Waals surface area contributed by atoms with E-state index >= 15 is 0 Å². The Balaban J connectivity index is 1.36. The van der Waals surface area contributed by atoms with E-state index in [-0.39, 0.29) is 11.8 Å². The number of nitrogens with one attached hydrogen (secondary N) is 1. The van der Waals surface area contributed by atoms with Gasteiger partial charge in [0.2, 0.25) is 0 Å². The molecule has 4 rings (SSSR count). The van der Waals surface area contributed by atoms with Crippen LogP contribution in [0.25, 0.3) is 0 Å². The van der Waals surface area contributed by atoms with Crippen molar-refractivity contribution in [2.75, 3.05) is 43.5 Å². The summed E-state index contributed by atoms with van der Waals surface area (Å²) in [4.78, 5) is 30.0. The third-order valence-corrected chi connectivity index (χ3v) is 6.29. The molecule has 1 N–H and O–H groups in total. The Morgan fingerprint density at radius 2 is 1.77 bits per heavy atom. The predicted molar refractivity (Wildman–Crippen MR) is 125 cm³/mol. The summed E-state index contributed by atoms with van der Waals surface area (Å²) in [6, 6.07) is 16.4. The van der Waals surface area contributed by atoms with Crippen molar-refractivity contribution in [2.24, 2.45) is 0 Å². The molecule has 1 fully saturated rings. The van der Waals surface area contributed by atoms with Crippen LogP contribution in [0.3, 0.4) is 0 Å². The monoisotopic (exact) mass is 455 g/mol. The van der Waals surface area contributed by atoms with Crippen molar-refractivity contribution in [3.63, 3.8) is 0 Å². The minimum absolute atomic E-state index is 0.101. The number of piperazine rings is 1. The minimum Gasteiger partial charge on any atom is -0.496 e. The van der Waals surface area contributed by atoms with Crippen molar-refractivity contribution in [3.05, 3.63) is 75.4 Å². The number of rotatable bonds is 5. The Kier molecular flexibility index (Phi) is 6.44. The van der Waals surface area contributed by atoms with Crippen molar-refractivity contribution in [1.82, 2.24) is 4.90 Å². The van der Waals surface area contributed by atoms with Gasteiger partial charge in [0, 0.05) is 42.6 Å². The van der Waals surface area contributed by atoms with E-state index in [4.69, 9.17) is 16.3 Å². The molecule has 1 aliphatic heterocycles. The highest BCUT2D eigenvalue weighted by Gasteiger charge is 2.23. The van der Waals surface area contributed by atoms with Crippen molar-refractivity contribution >= 4 is 46.1 Å². The van der Waals surface area contributed by atoms with Gasteiger partial charge in [-0.3, -0.25) is 9.59 Å². The minimum atomic E-state index is -0.284. The fourth-order valence-electron chi connectivity index (χ4n) is 3.54. The molecule has 0 bridgehead atoms. The van der Waals surface area contributed by atoms with Crippen LogP contribution in [0.15, 0.2) is 60.0 Å². The first-order valence-electron chi connectivity index (χ1n) is 9.88. The number of amides is 2. The fraction of sp³-hybridized carbons (Fsp3) is 0.217. The van der Waals surface area contributed by atoms with Gasteiger partial charge in [-0.25, -0.2) is 0 Å². The number of carbonyl (C=O) groups excluding carboxylic acids is 2. The van der Waals surface area contributed by atoms with Crippen molar-refractivity contribution in [1.29, 1.82) is 0 Å². The van der Waals surface area contributed by atoms with Crippen LogP contribution in [0, 0.1) is 0 Å². The van der Waals surface area contributed by atoms with E-state index in [2.05, 4.69) is 10.2 Å². The summed E-state index contributed by atoms with van der Waals surface area (Å²) in [5.74, 6) is 0.283. The summed E-state index contributed by atoms with van der Waals surface area (Å²) in [6.07, 6.45) is 0. The lowest BCUT2D eigenvalue weighted by molar-refractivity contribution is 0.0751. The summed E-state index contributed by atoms with van der Waals surface area (Å²) in [6.45, 7) is 2.90. The summed E-state index contributed by atoms with van der Waals surface area (Å²) in [5, 5.41) is 5.27. The maximum atomic E-state index is 12.6. The molecule has 0 radical (unpaired) electrons. The van der Waals surface area contributed by atoms with E-state index in [0.29, 0.717) is 35.1 Å². The molecule has 1 aliphatic rings. The van der Waals surface area contributed by atoms with E-state index in [0.717, 1.165) is 23.7 Å². The second-order valence-electron chi connectivity index (χ2n) is 7.10. The zero-order valence-electron chi connectivity index (χ0n) is 17.0. The standard InChI is InChI=1S/C23H22ClN3O3S/c1-30-20-9-4-16(24)15-19(20)22(28)25-17-5-7-18(8-6-17)26-10-12-27(13-11-26)23(29)21-3-2-14-31-21/h2-9,14-15H,10-13H2,1H3,(H,25,28). The highest BCUT2D eigenvalue weighted by Crippen LogP contribution is 2.25. The number of benzene rings is 2. The van der Waals surface area contributed by atoms with E-state index in [9.17, 15) is 9.59 Å². The molecule has 6 nitrogen and oxygen atoms in total. The van der Waals surface area contributed by atoms with Crippen molar-refractivity contribution in [2.45, 2.75) is 0 Å². The smallest absolute Gasteiger partial charge is 0.264 e. The zero-order valence-corrected chi connectivity index (χ0v) is 18.6. The Morgan fingerprint density at radius 1 is 1.03 bits per heavy atom. The maximum absolute atomic E-state index is 12.6. The quantitative estimate of drug-likeness (QED) is 0.609. The maximum Gasteiger partial charge on any atom is 0.264 e. The number of thiophene rings is 1. The molecule has 2 heterocycles. The number of anilines is 2. The lowest BCUT2D eigenvalue weighted by Crippen LogP contribution is -2.48. The number of carbonyl (C=O) groups is 2. The molecule has 0 saturated carbocycles. The van der Waals surface area contributed by atoms with Gasteiger partial charge in [0.15, 0.2) is 0 Å². The molecule has 31 heavy (non-hydrogen) atoms. The van der Waals surface area contributed by atoms with E-state index in [1.165, 1.54) is 18.4 Å². The first kappa shape index (κ1) is 21.2. The van der Waals surface area contributed by atoms with Crippen molar-refractivity contribution < 1.29 is 14.3 Å². The SMILES string of the molecule is COc1ccc(Cl)cc1C(=O)Nc1ccc(N2CCN(C(=O)c3cccs3)CC2)cc1. The summed E-state index contributed by atoms with van der Waals surface area (Å²) < 4.78 is 5.25. The third kappa shape index (κ3) is 4.84. The van der Waals surface area contributed by atoms with Gasteiger partial charge in [-0.2, -0.15) is 0 Å². The number of nitrogens with zero attached hydrogens (tertiary/aromatic N) is 2. The van der Waals surface area contributed by atoms with Gasteiger partial charge in [-0.1, -0.05) is 17.7 Å². The number of hydrogen-bond donors (Lipinski definition) is 1. The molecule has 2 aromatic carbocycles. The van der Waals surface area contributed by atoms with Crippen LogP contribution in [0.2, 0.25) is 5.02 Å². The van der Waals surface area contributed by atoms with Crippen LogP contribution in [0.1, 0.15) is 20.0 Å². The van der Waals surface area contributed by atoms with Gasteiger partial charge in [0.1, 0.15) is 5.75 Å². The number of hydrogen-bond acceptors (Lipinski definition) is 5. The molecule has 160 valence electrons. The molecular formula is C23H22ClN3O3S. The predicted octanol–water partition coefficient (Wildman–Crippen LogP) is 4.62. The van der Waals surface area contributed by atoms with Crippen LogP contribution in [0.5, 0.6) is 5.75 Å². The molecule has 0 atom stereocenters. The fourth-order valence-corrected chi connectivity index (χ4v) is 4.40. The highest BCUT2D eigenvalue weighted by molar-refractivity contribution is 7.12. The number of ether oxygens (including phenoxy) is 1. The summed E-state index contributed by atoms with van der Waals surface area (Å²) in [7, 11) is 1.52.